The molecule has 0 saturated heterocycles. The van der Waals surface area contributed by atoms with E-state index in [4.69, 9.17) is 0 Å². The first-order valence-corrected chi connectivity index (χ1v) is 19.3. The molecule has 0 bridgehead atoms. The Morgan fingerprint density at radius 1 is 0.304 bits per heavy atom. The summed E-state index contributed by atoms with van der Waals surface area (Å²) in [4.78, 5) is 2.52. The van der Waals surface area contributed by atoms with Crippen LogP contribution in [0.4, 0.5) is 17.1 Å². The molecule has 0 N–H and O–H groups in total. The first-order valence-electron chi connectivity index (χ1n) is 19.3. The molecule has 2 heteroatoms. The Bertz CT molecular complexity index is 3240. The van der Waals surface area contributed by atoms with Crippen LogP contribution in [0.2, 0.25) is 0 Å². The second kappa shape index (κ2) is 13.2. The van der Waals surface area contributed by atoms with Crippen LogP contribution in [-0.2, 0) is 0 Å². The van der Waals surface area contributed by atoms with Gasteiger partial charge in [0.15, 0.2) is 0 Å². The van der Waals surface area contributed by atoms with Crippen molar-refractivity contribution >= 4 is 71.2 Å². The van der Waals surface area contributed by atoms with E-state index in [0.29, 0.717) is 0 Å². The maximum atomic E-state index is 2.52. The van der Waals surface area contributed by atoms with Crippen LogP contribution >= 0.6 is 0 Å². The molecule has 0 saturated carbocycles. The van der Waals surface area contributed by atoms with E-state index < -0.39 is 0 Å². The van der Waals surface area contributed by atoms with Crippen molar-refractivity contribution in [1.82, 2.24) is 4.57 Å². The van der Waals surface area contributed by atoms with Gasteiger partial charge in [-0.1, -0.05) is 182 Å². The standard InChI is InChI=1S/C54H36N2/c1-3-17-38(18-4-1)43-29-13-22-40-23-14-30-46(52(40)43)45-28-11-12-32-49(45)56(48-33-15-21-37-19-7-9-26-42(37)48)51-34-16-31-47-53-44-27-10-8-20-39(44)35-36-50(53)55(54(47)51)41-24-5-2-6-25-41/h1-36H. The van der Waals surface area contributed by atoms with Crippen LogP contribution in [0, 0.1) is 0 Å². The Kier molecular flexibility index (Phi) is 7.53. The van der Waals surface area contributed by atoms with E-state index in [1.54, 1.807) is 0 Å². The summed E-state index contributed by atoms with van der Waals surface area (Å²) in [7, 11) is 0. The van der Waals surface area contributed by atoms with Gasteiger partial charge in [0.25, 0.3) is 0 Å². The quantitative estimate of drug-likeness (QED) is 0.167. The van der Waals surface area contributed by atoms with E-state index in [9.17, 15) is 0 Å². The number of para-hydroxylation sites is 3. The van der Waals surface area contributed by atoms with Crippen LogP contribution in [0.3, 0.4) is 0 Å². The summed E-state index contributed by atoms with van der Waals surface area (Å²) >= 11 is 0. The molecule has 0 spiro atoms. The molecule has 11 aromatic rings. The Balaban J connectivity index is 1.29. The zero-order valence-electron chi connectivity index (χ0n) is 30.7. The number of hydrogen-bond acceptors (Lipinski definition) is 1. The topological polar surface area (TPSA) is 8.17 Å². The van der Waals surface area contributed by atoms with Gasteiger partial charge in [0.05, 0.1) is 28.1 Å². The SMILES string of the molecule is c1ccc(-c2cccc3cccc(-c4ccccc4N(c4cccc5ccccc45)c4cccc5c6c7ccccc7ccc6n(-c6ccccc6)c45)c23)cc1. The maximum Gasteiger partial charge on any atom is 0.0782 e. The van der Waals surface area contributed by atoms with Crippen LogP contribution in [-0.4, -0.2) is 4.57 Å². The van der Waals surface area contributed by atoms with Gasteiger partial charge < -0.3 is 9.47 Å². The molecule has 0 unspecified atom stereocenters. The monoisotopic (exact) mass is 712 g/mol. The molecule has 0 fully saturated rings. The minimum absolute atomic E-state index is 1.11. The highest BCUT2D eigenvalue weighted by Crippen LogP contribution is 2.50. The predicted octanol–water partition coefficient (Wildman–Crippen LogP) is 15.0. The van der Waals surface area contributed by atoms with Crippen molar-refractivity contribution in [2.24, 2.45) is 0 Å². The number of nitrogens with zero attached hydrogens (tertiary/aromatic N) is 2. The second-order valence-electron chi connectivity index (χ2n) is 14.5. The van der Waals surface area contributed by atoms with Crippen LogP contribution in [0.15, 0.2) is 218 Å². The fraction of sp³-hybridized carbons (Fsp3) is 0. The highest BCUT2D eigenvalue weighted by molar-refractivity contribution is 6.24. The molecule has 0 amide bonds. The van der Waals surface area contributed by atoms with Crippen molar-refractivity contribution in [2.45, 2.75) is 0 Å². The zero-order valence-corrected chi connectivity index (χ0v) is 30.7. The average molecular weight is 713 g/mol. The van der Waals surface area contributed by atoms with Gasteiger partial charge in [0, 0.05) is 27.4 Å². The van der Waals surface area contributed by atoms with Gasteiger partial charge in [0.1, 0.15) is 0 Å². The number of fused-ring (bicyclic) bond motifs is 7. The van der Waals surface area contributed by atoms with Crippen molar-refractivity contribution in [3.8, 4) is 27.9 Å². The fourth-order valence-electron chi connectivity index (χ4n) is 8.96. The lowest BCUT2D eigenvalue weighted by molar-refractivity contribution is 1.17. The van der Waals surface area contributed by atoms with Crippen molar-refractivity contribution in [1.29, 1.82) is 0 Å². The molecule has 1 aromatic heterocycles. The molecule has 0 aliphatic heterocycles. The third-order valence-electron chi connectivity index (χ3n) is 11.3. The predicted molar refractivity (Wildman–Crippen MR) is 239 cm³/mol. The number of hydrogen-bond donors (Lipinski definition) is 0. The van der Waals surface area contributed by atoms with Gasteiger partial charge >= 0.3 is 0 Å². The van der Waals surface area contributed by atoms with E-state index >= 15 is 0 Å². The Hall–Kier alpha value is -7.42. The lowest BCUT2D eigenvalue weighted by Crippen LogP contribution is -2.13. The van der Waals surface area contributed by atoms with Gasteiger partial charge in [-0.15, -0.1) is 0 Å². The number of benzene rings is 10. The molecule has 0 atom stereocenters. The first-order chi connectivity index (χ1) is 27.8. The molecule has 10 aromatic carbocycles. The van der Waals surface area contributed by atoms with E-state index in [1.807, 2.05) is 0 Å². The number of aromatic nitrogens is 1. The van der Waals surface area contributed by atoms with Gasteiger partial charge in [-0.05, 0) is 80.0 Å². The van der Waals surface area contributed by atoms with E-state index in [0.717, 1.165) is 28.3 Å². The molecule has 262 valence electrons. The smallest absolute Gasteiger partial charge is 0.0782 e. The summed E-state index contributed by atoms with van der Waals surface area (Å²) in [5, 5.41) is 9.82. The van der Waals surface area contributed by atoms with Crippen molar-refractivity contribution in [2.75, 3.05) is 4.90 Å². The number of anilines is 3. The van der Waals surface area contributed by atoms with Gasteiger partial charge in [-0.3, -0.25) is 0 Å². The summed E-state index contributed by atoms with van der Waals surface area (Å²) in [5.74, 6) is 0. The summed E-state index contributed by atoms with van der Waals surface area (Å²) in [6.45, 7) is 0. The van der Waals surface area contributed by atoms with Crippen LogP contribution in [0.1, 0.15) is 0 Å². The van der Waals surface area contributed by atoms with Crippen molar-refractivity contribution in [3.63, 3.8) is 0 Å². The molecular formula is C54H36N2. The zero-order chi connectivity index (χ0) is 37.0. The summed E-state index contributed by atoms with van der Waals surface area (Å²) in [6.07, 6.45) is 0. The third kappa shape index (κ3) is 5.04. The molecule has 2 nitrogen and oxygen atoms in total. The molecule has 0 aliphatic rings. The molecule has 0 aliphatic carbocycles. The summed E-state index contributed by atoms with van der Waals surface area (Å²) < 4.78 is 2.47. The van der Waals surface area contributed by atoms with Gasteiger partial charge in [-0.2, -0.15) is 0 Å². The lowest BCUT2D eigenvalue weighted by atomic mass is 9.90. The molecular weight excluding hydrogens is 677 g/mol. The second-order valence-corrected chi connectivity index (χ2v) is 14.5. The van der Waals surface area contributed by atoms with E-state index in [1.165, 1.54) is 70.9 Å². The first kappa shape index (κ1) is 32.0. The molecule has 1 heterocycles. The van der Waals surface area contributed by atoms with Crippen molar-refractivity contribution < 1.29 is 0 Å². The van der Waals surface area contributed by atoms with Gasteiger partial charge in [-0.25, -0.2) is 0 Å². The molecule has 56 heavy (non-hydrogen) atoms. The molecule has 11 rings (SSSR count). The van der Waals surface area contributed by atoms with E-state index in [2.05, 4.69) is 228 Å². The van der Waals surface area contributed by atoms with Crippen LogP contribution in [0.25, 0.3) is 82.1 Å². The third-order valence-corrected chi connectivity index (χ3v) is 11.3. The van der Waals surface area contributed by atoms with Gasteiger partial charge in [0.2, 0.25) is 0 Å². The summed E-state index contributed by atoms with van der Waals surface area (Å²) in [6, 6.07) is 79.6. The Labute approximate surface area is 325 Å². The lowest BCUT2D eigenvalue weighted by Gasteiger charge is -2.30. The van der Waals surface area contributed by atoms with Crippen LogP contribution < -0.4 is 4.90 Å². The largest absolute Gasteiger partial charge is 0.307 e. The van der Waals surface area contributed by atoms with Crippen molar-refractivity contribution in [3.05, 3.63) is 218 Å². The Morgan fingerprint density at radius 2 is 0.839 bits per heavy atom. The fourth-order valence-corrected chi connectivity index (χ4v) is 8.96. The van der Waals surface area contributed by atoms with E-state index in [-0.39, 0.29) is 0 Å². The maximum absolute atomic E-state index is 2.52. The average Bonchev–Trinajstić information content (AvgIpc) is 3.63. The highest BCUT2D eigenvalue weighted by Gasteiger charge is 2.26. The highest BCUT2D eigenvalue weighted by atomic mass is 15.2. The Morgan fingerprint density at radius 3 is 1.66 bits per heavy atom. The normalized spacial score (nSPS) is 11.6. The number of rotatable bonds is 6. The minimum Gasteiger partial charge on any atom is -0.307 e. The van der Waals surface area contributed by atoms with Crippen LogP contribution in [0.5, 0.6) is 0 Å². The minimum atomic E-state index is 1.11. The summed E-state index contributed by atoms with van der Waals surface area (Å²) in [5.41, 5.74) is 11.6. The molecule has 0 radical (unpaired) electrons.